The Morgan fingerprint density at radius 1 is 1.20 bits per heavy atom. The highest BCUT2D eigenvalue weighted by Crippen LogP contribution is 2.37. The molecule has 0 fully saturated rings. The third kappa shape index (κ3) is 6.62. The summed E-state index contributed by atoms with van der Waals surface area (Å²) in [6, 6.07) is 8.89. The second kappa shape index (κ2) is 12.9. The van der Waals surface area contributed by atoms with Gasteiger partial charge in [-0.1, -0.05) is 17.7 Å². The van der Waals surface area contributed by atoms with Gasteiger partial charge in [-0.3, -0.25) is 14.6 Å². The van der Waals surface area contributed by atoms with Crippen molar-refractivity contribution in [2.45, 2.75) is 45.8 Å². The fraction of sp³-hybridized carbons (Fsp3) is 0.419. The predicted octanol–water partition coefficient (Wildman–Crippen LogP) is 3.99. The van der Waals surface area contributed by atoms with Crippen LogP contribution in [0.3, 0.4) is 0 Å². The first-order chi connectivity index (χ1) is 19.5. The Balaban J connectivity index is 1.75. The molecule has 1 aliphatic heterocycles. The zero-order chi connectivity index (χ0) is 29.8. The largest absolute Gasteiger partial charge is 0.492 e. The maximum Gasteiger partial charge on any atom is 0.254 e. The average Bonchev–Trinajstić information content (AvgIpc) is 2.93. The molecule has 1 aliphatic rings. The second-order valence-corrected chi connectivity index (χ2v) is 11.0. The van der Waals surface area contributed by atoms with Crippen LogP contribution < -0.4 is 10.3 Å². The van der Waals surface area contributed by atoms with E-state index in [9.17, 15) is 20.0 Å². The quantitative estimate of drug-likeness (QED) is 0.388. The van der Waals surface area contributed by atoms with Crippen LogP contribution in [-0.2, 0) is 19.9 Å². The van der Waals surface area contributed by atoms with E-state index in [-0.39, 0.29) is 17.5 Å². The highest BCUT2D eigenvalue weighted by atomic mass is 35.5. The number of likely N-dealkylation sites (N-methyl/N-ethyl adjacent to an activating group) is 1. The minimum Gasteiger partial charge on any atom is -0.492 e. The minimum atomic E-state index is -0.445. The topological polar surface area (TPSA) is 112 Å². The number of hydrogen-bond donors (Lipinski definition) is 1. The molecule has 2 unspecified atom stereocenters. The number of hydrogen-bond acceptors (Lipinski definition) is 7. The van der Waals surface area contributed by atoms with Crippen LogP contribution in [0.4, 0.5) is 0 Å². The van der Waals surface area contributed by atoms with E-state index in [1.807, 2.05) is 31.9 Å². The van der Waals surface area contributed by atoms with Crippen molar-refractivity contribution in [3.8, 4) is 22.9 Å². The smallest absolute Gasteiger partial charge is 0.254 e. The zero-order valence-electron chi connectivity index (χ0n) is 24.1. The van der Waals surface area contributed by atoms with E-state index in [1.165, 1.54) is 16.8 Å². The molecule has 1 aromatic carbocycles. The molecule has 4 rings (SSSR count). The third-order valence-electron chi connectivity index (χ3n) is 7.43. The first-order valence-corrected chi connectivity index (χ1v) is 14.1. The molecule has 0 spiro atoms. The maximum atomic E-state index is 14.1. The van der Waals surface area contributed by atoms with Crippen LogP contribution in [0, 0.1) is 11.3 Å². The highest BCUT2D eigenvalue weighted by molar-refractivity contribution is 6.33. The van der Waals surface area contributed by atoms with Crippen LogP contribution in [0.5, 0.6) is 5.75 Å². The van der Waals surface area contributed by atoms with Crippen molar-refractivity contribution >= 4 is 17.5 Å². The summed E-state index contributed by atoms with van der Waals surface area (Å²) in [5, 5.41) is 19.5. The number of pyridine rings is 2. The molecule has 0 radical (unpaired) electrons. The molecule has 1 amide bonds. The molecular formula is C31H36ClN5O4. The van der Waals surface area contributed by atoms with Gasteiger partial charge >= 0.3 is 0 Å². The standard InChI is InChI=1S/C31H36ClN5O4/c1-6-41-29-14-28(34-16-22(29)15-33)20(3)37-10-8-23-24(26-18-36(5)30(39)13-27(26)32)11-21(12-25(23)31(37)40)7-9-35(4)17-19(2)38/h11-14,16,18-20,38H,6-10,17H2,1-5H3. The summed E-state index contributed by atoms with van der Waals surface area (Å²) in [6.07, 6.45) is 4.01. The van der Waals surface area contributed by atoms with Crippen molar-refractivity contribution in [3.63, 3.8) is 0 Å². The Bertz CT molecular complexity index is 1540. The number of fused-ring (bicyclic) bond motifs is 1. The Kier molecular flexibility index (Phi) is 9.49. The van der Waals surface area contributed by atoms with Gasteiger partial charge in [0.2, 0.25) is 0 Å². The molecule has 0 saturated heterocycles. The fourth-order valence-corrected chi connectivity index (χ4v) is 5.55. The van der Waals surface area contributed by atoms with Gasteiger partial charge in [0.25, 0.3) is 11.5 Å². The summed E-state index contributed by atoms with van der Waals surface area (Å²) in [5.41, 5.74) is 4.77. The number of carbonyl (C=O) groups is 1. The van der Waals surface area contributed by atoms with Gasteiger partial charge in [0.1, 0.15) is 17.4 Å². The predicted molar refractivity (Wildman–Crippen MR) is 158 cm³/mol. The SMILES string of the molecule is CCOc1cc(C(C)N2CCc3c(cc(CCN(C)CC(C)O)cc3-c3cn(C)c(=O)cc3Cl)C2=O)ncc1C#N. The number of aliphatic hydroxyl groups excluding tert-OH is 1. The number of ether oxygens (including phenoxy) is 1. The van der Waals surface area contributed by atoms with Crippen molar-refractivity contribution < 1.29 is 14.6 Å². The van der Waals surface area contributed by atoms with Crippen LogP contribution in [0.15, 0.2) is 41.5 Å². The number of benzene rings is 1. The van der Waals surface area contributed by atoms with E-state index in [2.05, 4.69) is 17.1 Å². The molecule has 10 heteroatoms. The first-order valence-electron chi connectivity index (χ1n) is 13.8. The molecule has 0 saturated carbocycles. The molecule has 41 heavy (non-hydrogen) atoms. The number of nitrogens with zero attached hydrogens (tertiary/aromatic N) is 5. The van der Waals surface area contributed by atoms with Crippen LogP contribution >= 0.6 is 11.6 Å². The molecule has 3 heterocycles. The molecule has 3 aromatic rings. The lowest BCUT2D eigenvalue weighted by atomic mass is 9.87. The van der Waals surface area contributed by atoms with Gasteiger partial charge in [-0.15, -0.1) is 0 Å². The first kappa shape index (κ1) is 30.3. The van der Waals surface area contributed by atoms with Crippen LogP contribution in [0.1, 0.15) is 59.6 Å². The normalized spacial score (nSPS) is 14.5. The van der Waals surface area contributed by atoms with E-state index in [0.717, 1.165) is 16.7 Å². The van der Waals surface area contributed by atoms with Crippen molar-refractivity contribution in [1.82, 2.24) is 19.4 Å². The lowest BCUT2D eigenvalue weighted by Crippen LogP contribution is -2.40. The Hall–Kier alpha value is -3.71. The average molecular weight is 578 g/mol. The minimum absolute atomic E-state index is 0.121. The summed E-state index contributed by atoms with van der Waals surface area (Å²) >= 11 is 6.59. The highest BCUT2D eigenvalue weighted by Gasteiger charge is 2.32. The van der Waals surface area contributed by atoms with Crippen molar-refractivity contribution in [2.75, 3.05) is 33.3 Å². The molecule has 9 nitrogen and oxygen atoms in total. The summed E-state index contributed by atoms with van der Waals surface area (Å²) in [4.78, 5) is 34.6. The second-order valence-electron chi connectivity index (χ2n) is 10.6. The molecule has 2 atom stereocenters. The van der Waals surface area contributed by atoms with Gasteiger partial charge in [0.05, 0.1) is 29.5 Å². The van der Waals surface area contributed by atoms with Gasteiger partial charge in [0.15, 0.2) is 0 Å². The van der Waals surface area contributed by atoms with E-state index in [4.69, 9.17) is 16.3 Å². The Morgan fingerprint density at radius 2 is 1.93 bits per heavy atom. The Labute approximate surface area is 245 Å². The van der Waals surface area contributed by atoms with Crippen molar-refractivity contribution in [1.29, 1.82) is 5.26 Å². The third-order valence-corrected chi connectivity index (χ3v) is 7.75. The van der Waals surface area contributed by atoms with Crippen molar-refractivity contribution in [2.24, 2.45) is 7.05 Å². The summed E-state index contributed by atoms with van der Waals surface area (Å²) in [5.74, 6) is 0.330. The number of halogens is 1. The number of aryl methyl sites for hydroxylation is 1. The Morgan fingerprint density at radius 3 is 2.61 bits per heavy atom. The van der Waals surface area contributed by atoms with E-state index in [0.29, 0.717) is 72.2 Å². The summed E-state index contributed by atoms with van der Waals surface area (Å²) in [6.45, 7) is 7.63. The lowest BCUT2D eigenvalue weighted by Gasteiger charge is -2.35. The molecular weight excluding hydrogens is 542 g/mol. The van der Waals surface area contributed by atoms with Crippen LogP contribution in [0.2, 0.25) is 5.02 Å². The van der Waals surface area contributed by atoms with Gasteiger partial charge in [-0.2, -0.15) is 5.26 Å². The van der Waals surface area contributed by atoms with E-state index >= 15 is 0 Å². The number of rotatable bonds is 10. The maximum absolute atomic E-state index is 14.1. The molecule has 2 aromatic heterocycles. The summed E-state index contributed by atoms with van der Waals surface area (Å²) in [7, 11) is 3.63. The fourth-order valence-electron chi connectivity index (χ4n) is 5.30. The number of carbonyl (C=O) groups excluding carboxylic acids is 1. The number of amides is 1. The van der Waals surface area contributed by atoms with Crippen LogP contribution in [-0.4, -0.2) is 69.8 Å². The lowest BCUT2D eigenvalue weighted by molar-refractivity contribution is 0.0669. The van der Waals surface area contributed by atoms with Gasteiger partial charge in [-0.25, -0.2) is 0 Å². The zero-order valence-corrected chi connectivity index (χ0v) is 24.9. The number of aromatic nitrogens is 2. The van der Waals surface area contributed by atoms with Gasteiger partial charge in [-0.05, 0) is 63.4 Å². The van der Waals surface area contributed by atoms with Crippen molar-refractivity contribution in [3.05, 3.63) is 80.0 Å². The monoisotopic (exact) mass is 577 g/mol. The summed E-state index contributed by atoms with van der Waals surface area (Å²) < 4.78 is 7.13. The molecule has 216 valence electrons. The van der Waals surface area contributed by atoms with Crippen LogP contribution in [0.25, 0.3) is 11.1 Å². The number of nitriles is 1. The van der Waals surface area contributed by atoms with E-state index in [1.54, 1.807) is 31.1 Å². The molecule has 0 aliphatic carbocycles. The number of aliphatic hydroxyl groups is 1. The van der Waals surface area contributed by atoms with Gasteiger partial charge in [0, 0.05) is 62.3 Å². The molecule has 1 N–H and O–H groups in total. The van der Waals surface area contributed by atoms with Gasteiger partial charge < -0.3 is 24.2 Å². The van der Waals surface area contributed by atoms with E-state index < -0.39 is 6.10 Å². The molecule has 0 bridgehead atoms.